The second kappa shape index (κ2) is 5.03. The molecule has 0 saturated heterocycles. The lowest BCUT2D eigenvalue weighted by molar-refractivity contribution is -0.125. The van der Waals surface area contributed by atoms with E-state index in [1.807, 2.05) is 0 Å². The molecule has 1 rings (SSSR count). The quantitative estimate of drug-likeness (QED) is 0.563. The van der Waals surface area contributed by atoms with Crippen LogP contribution in [0.25, 0.3) is 0 Å². The summed E-state index contributed by atoms with van der Waals surface area (Å²) in [5, 5.41) is 18.1. The second-order valence-electron chi connectivity index (χ2n) is 2.97. The highest BCUT2D eigenvalue weighted by atomic mass is 16.2. The van der Waals surface area contributed by atoms with Crippen molar-refractivity contribution in [3.8, 4) is 0 Å². The number of nitrogens with zero attached hydrogens (tertiary/aromatic N) is 3. The summed E-state index contributed by atoms with van der Waals surface area (Å²) in [6.07, 6.45) is 0. The average Bonchev–Trinajstić information content (AvgIpc) is 2.67. The molecule has 1 aromatic heterocycles. The van der Waals surface area contributed by atoms with Gasteiger partial charge < -0.3 is 10.6 Å². The van der Waals surface area contributed by atoms with E-state index in [9.17, 15) is 9.59 Å². The van der Waals surface area contributed by atoms with Crippen LogP contribution in [0.4, 0.5) is 0 Å². The number of hydrogen-bond donors (Lipinski definition) is 3. The van der Waals surface area contributed by atoms with Gasteiger partial charge in [0.05, 0.1) is 12.6 Å². The summed E-state index contributed by atoms with van der Waals surface area (Å²) in [4.78, 5) is 21.8. The zero-order valence-corrected chi connectivity index (χ0v) is 8.44. The zero-order chi connectivity index (χ0) is 11.3. The highest BCUT2D eigenvalue weighted by molar-refractivity contribution is 5.83. The van der Waals surface area contributed by atoms with Gasteiger partial charge in [0.25, 0.3) is 0 Å². The first-order chi connectivity index (χ1) is 7.09. The first-order valence-electron chi connectivity index (χ1n) is 4.36. The summed E-state index contributed by atoms with van der Waals surface area (Å²) in [5.41, 5.74) is 0. The maximum absolute atomic E-state index is 11.2. The Labute approximate surface area is 85.8 Å². The molecule has 15 heavy (non-hydrogen) atoms. The van der Waals surface area contributed by atoms with Gasteiger partial charge in [-0.1, -0.05) is 5.21 Å². The van der Waals surface area contributed by atoms with Gasteiger partial charge in [-0.25, -0.2) is 0 Å². The van der Waals surface area contributed by atoms with E-state index in [1.54, 1.807) is 6.92 Å². The van der Waals surface area contributed by atoms with E-state index in [1.165, 1.54) is 6.92 Å². The Morgan fingerprint density at radius 1 is 1.53 bits per heavy atom. The molecule has 0 aliphatic carbocycles. The van der Waals surface area contributed by atoms with Crippen molar-refractivity contribution in [1.29, 1.82) is 0 Å². The number of nitrogens with one attached hydrogen (secondary N) is 3. The first-order valence-corrected chi connectivity index (χ1v) is 4.36. The molecule has 2 amide bonds. The Bertz CT molecular complexity index is 335. The van der Waals surface area contributed by atoms with E-state index in [2.05, 4.69) is 31.3 Å². The number of rotatable bonds is 4. The number of amides is 2. The van der Waals surface area contributed by atoms with Crippen LogP contribution in [0.2, 0.25) is 0 Å². The Morgan fingerprint density at radius 2 is 2.27 bits per heavy atom. The fraction of sp³-hybridized carbons (Fsp3) is 0.571. The number of carbonyl (C=O) groups excluding carboxylic acids is 2. The van der Waals surface area contributed by atoms with Crippen LogP contribution in [0.15, 0.2) is 0 Å². The third-order valence-corrected chi connectivity index (χ3v) is 1.62. The summed E-state index contributed by atoms with van der Waals surface area (Å²) in [6.45, 7) is 3.00. The molecule has 1 atom stereocenters. The normalized spacial score (nSPS) is 11.9. The summed E-state index contributed by atoms with van der Waals surface area (Å²) in [5.74, 6) is -0.161. The zero-order valence-electron chi connectivity index (χ0n) is 8.44. The first kappa shape index (κ1) is 11.1. The van der Waals surface area contributed by atoms with E-state index in [0.717, 1.165) is 0 Å². The maximum atomic E-state index is 11.2. The Hall–Kier alpha value is -1.99. The third kappa shape index (κ3) is 3.71. The molecule has 8 heteroatoms. The highest BCUT2D eigenvalue weighted by Gasteiger charge is 2.12. The summed E-state index contributed by atoms with van der Waals surface area (Å²) in [7, 11) is 0. The average molecular weight is 212 g/mol. The van der Waals surface area contributed by atoms with Crippen molar-refractivity contribution < 1.29 is 9.59 Å². The van der Waals surface area contributed by atoms with Gasteiger partial charge in [0.2, 0.25) is 11.8 Å². The molecular formula is C7H12N6O2. The molecular weight excluding hydrogens is 200 g/mol. The molecule has 0 aliphatic heterocycles. The Balaban J connectivity index is 2.35. The number of hydrogen-bond acceptors (Lipinski definition) is 5. The molecule has 0 fully saturated rings. The minimum Gasteiger partial charge on any atom is -0.347 e. The molecule has 3 N–H and O–H groups in total. The summed E-state index contributed by atoms with van der Waals surface area (Å²) >= 11 is 0. The van der Waals surface area contributed by atoms with E-state index in [4.69, 9.17) is 0 Å². The lowest BCUT2D eigenvalue weighted by atomic mass is 10.3. The molecule has 0 saturated carbocycles. The number of carbonyl (C=O) groups is 2. The van der Waals surface area contributed by atoms with Crippen molar-refractivity contribution in [3.05, 3.63) is 5.82 Å². The van der Waals surface area contributed by atoms with Gasteiger partial charge in [-0.05, 0) is 6.92 Å². The minimum absolute atomic E-state index is 0.0580. The molecule has 0 aromatic carbocycles. The van der Waals surface area contributed by atoms with E-state index >= 15 is 0 Å². The lowest BCUT2D eigenvalue weighted by Crippen LogP contribution is -2.37. The third-order valence-electron chi connectivity index (χ3n) is 1.62. The predicted molar refractivity (Wildman–Crippen MR) is 49.4 cm³/mol. The van der Waals surface area contributed by atoms with Crippen LogP contribution in [0, 0.1) is 0 Å². The smallest absolute Gasteiger partial charge is 0.239 e. The van der Waals surface area contributed by atoms with Gasteiger partial charge in [0.1, 0.15) is 0 Å². The number of aromatic nitrogens is 4. The van der Waals surface area contributed by atoms with Crippen LogP contribution < -0.4 is 10.6 Å². The van der Waals surface area contributed by atoms with Crippen LogP contribution in [0.1, 0.15) is 25.7 Å². The monoisotopic (exact) mass is 212 g/mol. The molecule has 1 aromatic rings. The minimum atomic E-state index is -0.343. The summed E-state index contributed by atoms with van der Waals surface area (Å²) in [6, 6.07) is -0.343. The van der Waals surface area contributed by atoms with Gasteiger partial charge in [-0.15, -0.1) is 10.2 Å². The number of tetrazole rings is 1. The van der Waals surface area contributed by atoms with Crippen molar-refractivity contribution in [2.75, 3.05) is 6.54 Å². The van der Waals surface area contributed by atoms with Gasteiger partial charge in [0.15, 0.2) is 5.82 Å². The molecule has 0 aliphatic rings. The maximum Gasteiger partial charge on any atom is 0.239 e. The molecule has 8 nitrogen and oxygen atoms in total. The Morgan fingerprint density at radius 3 is 2.80 bits per heavy atom. The molecule has 0 bridgehead atoms. The number of H-pyrrole nitrogens is 1. The van der Waals surface area contributed by atoms with Crippen molar-refractivity contribution in [2.45, 2.75) is 19.9 Å². The number of aromatic amines is 1. The van der Waals surface area contributed by atoms with Crippen molar-refractivity contribution in [1.82, 2.24) is 31.3 Å². The largest absolute Gasteiger partial charge is 0.347 e. The van der Waals surface area contributed by atoms with Crippen LogP contribution in [0.3, 0.4) is 0 Å². The fourth-order valence-corrected chi connectivity index (χ4v) is 0.915. The van der Waals surface area contributed by atoms with Crippen molar-refractivity contribution >= 4 is 11.8 Å². The molecule has 0 spiro atoms. The highest BCUT2D eigenvalue weighted by Crippen LogP contribution is 2.01. The van der Waals surface area contributed by atoms with Gasteiger partial charge in [-0.2, -0.15) is 5.21 Å². The van der Waals surface area contributed by atoms with Crippen LogP contribution in [-0.2, 0) is 9.59 Å². The van der Waals surface area contributed by atoms with E-state index in [0.29, 0.717) is 5.82 Å². The second-order valence-corrected chi connectivity index (χ2v) is 2.97. The van der Waals surface area contributed by atoms with Gasteiger partial charge >= 0.3 is 0 Å². The van der Waals surface area contributed by atoms with Gasteiger partial charge in [0, 0.05) is 6.92 Å². The molecule has 0 radical (unpaired) electrons. The van der Waals surface area contributed by atoms with E-state index < -0.39 is 0 Å². The molecule has 1 unspecified atom stereocenters. The molecule has 82 valence electrons. The summed E-state index contributed by atoms with van der Waals surface area (Å²) < 4.78 is 0. The van der Waals surface area contributed by atoms with Crippen LogP contribution in [0.5, 0.6) is 0 Å². The Kier molecular flexibility index (Phi) is 3.72. The fourth-order valence-electron chi connectivity index (χ4n) is 0.915. The SMILES string of the molecule is CC(=O)NCC(=O)NC(C)c1nn[nH]n1. The van der Waals surface area contributed by atoms with Gasteiger partial charge in [-0.3, -0.25) is 9.59 Å². The molecule has 1 heterocycles. The van der Waals surface area contributed by atoms with Crippen LogP contribution >= 0.6 is 0 Å². The van der Waals surface area contributed by atoms with Crippen LogP contribution in [-0.4, -0.2) is 39.0 Å². The lowest BCUT2D eigenvalue weighted by Gasteiger charge is -2.09. The van der Waals surface area contributed by atoms with Crippen molar-refractivity contribution in [2.24, 2.45) is 0 Å². The standard InChI is InChI=1S/C7H12N6O2/c1-4(7-10-12-13-11-7)9-6(15)3-8-5(2)14/h4H,3H2,1-2H3,(H,8,14)(H,9,15)(H,10,11,12,13). The van der Waals surface area contributed by atoms with Crippen molar-refractivity contribution in [3.63, 3.8) is 0 Å². The topological polar surface area (TPSA) is 113 Å². The predicted octanol–water partition coefficient (Wildman–Crippen LogP) is -1.49. The van der Waals surface area contributed by atoms with E-state index in [-0.39, 0.29) is 24.4 Å².